The predicted molar refractivity (Wildman–Crippen MR) is 124 cm³/mol. The van der Waals surface area contributed by atoms with Crippen LogP contribution < -0.4 is 10.9 Å². The van der Waals surface area contributed by atoms with Crippen molar-refractivity contribution >= 4 is 16.8 Å². The number of aryl methyl sites for hydroxylation is 1. The van der Waals surface area contributed by atoms with Crippen LogP contribution >= 0.6 is 0 Å². The molecule has 34 heavy (non-hydrogen) atoms. The van der Waals surface area contributed by atoms with Gasteiger partial charge in [-0.05, 0) is 49.9 Å². The minimum Gasteiger partial charge on any atom is -0.420 e. The number of nitrogens with zero attached hydrogens (tertiary/aromatic N) is 3. The van der Waals surface area contributed by atoms with Crippen LogP contribution in [0.2, 0.25) is 0 Å². The highest BCUT2D eigenvalue weighted by atomic mass is 19.1. The highest BCUT2D eigenvalue weighted by molar-refractivity contribution is 5.78. The van der Waals surface area contributed by atoms with E-state index >= 15 is 0 Å². The van der Waals surface area contributed by atoms with E-state index in [-0.39, 0.29) is 35.7 Å². The number of carbonyl (C=O) groups is 1. The molecule has 0 bridgehead atoms. The van der Waals surface area contributed by atoms with Crippen LogP contribution in [0.15, 0.2) is 57.7 Å². The van der Waals surface area contributed by atoms with Crippen LogP contribution in [0.5, 0.6) is 0 Å². The minimum absolute atomic E-state index is 0.0705. The van der Waals surface area contributed by atoms with Crippen LogP contribution in [-0.4, -0.2) is 32.1 Å². The van der Waals surface area contributed by atoms with Crippen molar-refractivity contribution in [2.45, 2.75) is 50.5 Å². The molecule has 2 N–H and O–H groups in total. The number of para-hydroxylation sites is 1. The molecule has 2 heterocycles. The second kappa shape index (κ2) is 9.54. The number of rotatable bonds is 6. The van der Waals surface area contributed by atoms with Gasteiger partial charge >= 0.3 is 0 Å². The van der Waals surface area contributed by atoms with Crippen LogP contribution in [0.4, 0.5) is 4.39 Å². The van der Waals surface area contributed by atoms with Crippen molar-refractivity contribution < 1.29 is 13.6 Å². The summed E-state index contributed by atoms with van der Waals surface area (Å²) in [6.45, 7) is 0. The first kappa shape index (κ1) is 21.9. The lowest BCUT2D eigenvalue weighted by Gasteiger charge is -2.27. The maximum absolute atomic E-state index is 14.0. The Morgan fingerprint density at radius 2 is 1.82 bits per heavy atom. The average Bonchev–Trinajstić information content (AvgIpc) is 3.34. The minimum atomic E-state index is -0.396. The van der Waals surface area contributed by atoms with E-state index in [4.69, 9.17) is 4.42 Å². The summed E-state index contributed by atoms with van der Waals surface area (Å²) in [6.07, 6.45) is 3.78. The van der Waals surface area contributed by atoms with Crippen molar-refractivity contribution in [3.63, 3.8) is 0 Å². The average molecular weight is 461 g/mol. The van der Waals surface area contributed by atoms with Gasteiger partial charge < -0.3 is 14.7 Å². The highest BCUT2D eigenvalue weighted by Gasteiger charge is 2.27. The topological polar surface area (TPSA) is 114 Å². The molecule has 1 fully saturated rings. The molecule has 0 radical (unpaired) electrons. The molecule has 0 aliphatic heterocycles. The summed E-state index contributed by atoms with van der Waals surface area (Å²) in [5.74, 6) is 0.821. The van der Waals surface area contributed by atoms with Gasteiger partial charge in [0.05, 0.1) is 16.5 Å². The number of fused-ring (bicyclic) bond motifs is 1. The third kappa shape index (κ3) is 4.73. The second-order valence-electron chi connectivity index (χ2n) is 8.57. The van der Waals surface area contributed by atoms with E-state index < -0.39 is 5.82 Å². The number of hydrogen-bond donors (Lipinski definition) is 2. The summed E-state index contributed by atoms with van der Waals surface area (Å²) in [7, 11) is 0. The zero-order valence-electron chi connectivity index (χ0n) is 18.5. The molecule has 2 aromatic carbocycles. The number of benzene rings is 2. The van der Waals surface area contributed by atoms with Gasteiger partial charge in [0.2, 0.25) is 11.8 Å². The predicted octanol–water partition coefficient (Wildman–Crippen LogP) is 3.89. The Morgan fingerprint density at radius 3 is 2.65 bits per heavy atom. The Kier molecular flexibility index (Phi) is 6.16. The molecule has 0 saturated heterocycles. The number of hydrogen-bond acceptors (Lipinski definition) is 6. The fourth-order valence-corrected chi connectivity index (χ4v) is 4.41. The number of aromatic nitrogens is 4. The summed E-state index contributed by atoms with van der Waals surface area (Å²) < 4.78 is 19.7. The Balaban J connectivity index is 1.12. The molecule has 1 aliphatic rings. The normalized spacial score (nSPS) is 18.1. The van der Waals surface area contributed by atoms with Gasteiger partial charge in [-0.25, -0.2) is 9.37 Å². The largest absolute Gasteiger partial charge is 0.420 e. The number of nitrogens with one attached hydrogen (secondary N) is 2. The number of H-pyrrole nitrogens is 1. The fraction of sp³-hybridized carbons (Fsp3) is 0.320. The van der Waals surface area contributed by atoms with E-state index in [9.17, 15) is 14.0 Å². The maximum Gasteiger partial charge on any atom is 0.258 e. The van der Waals surface area contributed by atoms with Gasteiger partial charge in [-0.3, -0.25) is 9.59 Å². The molecule has 1 amide bonds. The molecular formula is C25H24FN5O3. The van der Waals surface area contributed by atoms with Crippen molar-refractivity contribution in [3.05, 3.63) is 76.4 Å². The Morgan fingerprint density at radius 1 is 1.06 bits per heavy atom. The summed E-state index contributed by atoms with van der Waals surface area (Å²) >= 11 is 0. The third-order valence-corrected chi connectivity index (χ3v) is 6.24. The summed E-state index contributed by atoms with van der Waals surface area (Å²) in [4.78, 5) is 31.8. The van der Waals surface area contributed by atoms with Crippen molar-refractivity contribution in [3.8, 4) is 11.5 Å². The van der Waals surface area contributed by atoms with Crippen LogP contribution in [-0.2, 0) is 11.2 Å². The molecule has 0 atom stereocenters. The first-order valence-corrected chi connectivity index (χ1v) is 11.4. The van der Waals surface area contributed by atoms with E-state index in [1.165, 1.54) is 6.07 Å². The first-order valence-electron chi connectivity index (χ1n) is 11.4. The van der Waals surface area contributed by atoms with Crippen molar-refractivity contribution in [2.75, 3.05) is 0 Å². The van der Waals surface area contributed by atoms with Crippen LogP contribution in [0.3, 0.4) is 0 Å². The molecule has 8 nitrogen and oxygen atoms in total. The highest BCUT2D eigenvalue weighted by Crippen LogP contribution is 2.33. The number of aromatic amines is 1. The molecule has 2 aromatic heterocycles. The Hall–Kier alpha value is -3.88. The lowest BCUT2D eigenvalue weighted by Crippen LogP contribution is -2.37. The lowest BCUT2D eigenvalue weighted by molar-refractivity contribution is -0.122. The van der Waals surface area contributed by atoms with Crippen molar-refractivity contribution in [1.29, 1.82) is 0 Å². The standard InChI is InChI=1S/C25H24FN5O3/c26-19-7-3-1-5-17(19)25-31-30-24(34-25)15-9-11-16(12-10-15)27-22(32)14-13-21-28-20-8-4-2-6-18(20)23(33)29-21/h1-8,15-16H,9-14H2,(H,27,32)(H,28,29,33). The molecule has 1 saturated carbocycles. The molecular weight excluding hydrogens is 437 g/mol. The quantitative estimate of drug-likeness (QED) is 0.450. The smallest absolute Gasteiger partial charge is 0.258 e. The first-order chi connectivity index (χ1) is 16.6. The van der Waals surface area contributed by atoms with Crippen molar-refractivity contribution in [1.82, 2.24) is 25.5 Å². The molecule has 0 spiro atoms. The van der Waals surface area contributed by atoms with E-state index in [0.29, 0.717) is 34.6 Å². The SMILES string of the molecule is O=C(CCc1nc2ccccc2c(=O)[nH]1)NC1CCC(c2nnc(-c3ccccc3F)o2)CC1. The lowest BCUT2D eigenvalue weighted by atomic mass is 9.86. The number of carbonyl (C=O) groups excluding carboxylic acids is 1. The summed E-state index contributed by atoms with van der Waals surface area (Å²) in [6, 6.07) is 13.5. The number of amides is 1. The molecule has 0 unspecified atom stereocenters. The van der Waals surface area contributed by atoms with Crippen LogP contribution in [0.25, 0.3) is 22.4 Å². The molecule has 4 aromatic rings. The summed E-state index contributed by atoms with van der Waals surface area (Å²) in [5, 5.41) is 11.8. The number of halogens is 1. The van der Waals surface area contributed by atoms with Gasteiger partial charge in [-0.15, -0.1) is 10.2 Å². The Labute approximate surface area is 194 Å². The molecule has 1 aliphatic carbocycles. The zero-order chi connectivity index (χ0) is 23.5. The molecule has 5 rings (SSSR count). The van der Waals surface area contributed by atoms with E-state index in [1.54, 1.807) is 36.4 Å². The Bertz CT molecular complexity index is 1370. The van der Waals surface area contributed by atoms with Gasteiger partial charge in [0.25, 0.3) is 11.4 Å². The fourth-order valence-electron chi connectivity index (χ4n) is 4.41. The van der Waals surface area contributed by atoms with E-state index in [0.717, 1.165) is 25.7 Å². The maximum atomic E-state index is 14.0. The van der Waals surface area contributed by atoms with Gasteiger partial charge in [0.15, 0.2) is 0 Å². The van der Waals surface area contributed by atoms with Crippen LogP contribution in [0.1, 0.15) is 49.7 Å². The van der Waals surface area contributed by atoms with E-state index in [1.807, 2.05) is 6.07 Å². The molecule has 174 valence electrons. The molecule has 9 heteroatoms. The summed E-state index contributed by atoms with van der Waals surface area (Å²) in [5.41, 5.74) is 0.724. The van der Waals surface area contributed by atoms with Gasteiger partial charge in [-0.2, -0.15) is 0 Å². The van der Waals surface area contributed by atoms with Crippen molar-refractivity contribution in [2.24, 2.45) is 0 Å². The van der Waals surface area contributed by atoms with Crippen LogP contribution in [0, 0.1) is 5.82 Å². The van der Waals surface area contributed by atoms with Gasteiger partial charge in [0.1, 0.15) is 11.6 Å². The van der Waals surface area contributed by atoms with Gasteiger partial charge in [0, 0.05) is 24.8 Å². The second-order valence-corrected chi connectivity index (χ2v) is 8.57. The van der Waals surface area contributed by atoms with Gasteiger partial charge in [-0.1, -0.05) is 24.3 Å². The third-order valence-electron chi connectivity index (χ3n) is 6.24. The zero-order valence-corrected chi connectivity index (χ0v) is 18.5. The monoisotopic (exact) mass is 461 g/mol. The van der Waals surface area contributed by atoms with E-state index in [2.05, 4.69) is 25.5 Å².